The molecule has 0 saturated heterocycles. The van der Waals surface area contributed by atoms with Crippen LogP contribution in [0, 0.1) is 0 Å². The molecule has 0 unspecified atom stereocenters. The first-order valence-electron chi connectivity index (χ1n) is 4.34. The Balaban J connectivity index is 0. The Bertz CT molecular complexity index is 164. The van der Waals surface area contributed by atoms with Crippen molar-refractivity contribution in [2.75, 3.05) is 12.5 Å². The van der Waals surface area contributed by atoms with Gasteiger partial charge in [-0.1, -0.05) is 13.3 Å². The smallest absolute Gasteiger partial charge is 0.497 e. The highest BCUT2D eigenvalue weighted by Gasteiger charge is 1.91. The fourth-order valence-electron chi connectivity index (χ4n) is 0.547. The number of allylic oxidation sites excluding steroid dienone is 2. The van der Waals surface area contributed by atoms with Crippen molar-refractivity contribution in [3.05, 3.63) is 11.8 Å². The lowest BCUT2D eigenvalue weighted by Gasteiger charge is -2.05. The van der Waals surface area contributed by atoms with Crippen molar-refractivity contribution in [3.63, 3.8) is 0 Å². The minimum absolute atomic E-state index is 0.486. The van der Waals surface area contributed by atoms with Gasteiger partial charge in [0.05, 0.1) is 12.5 Å². The minimum Gasteiger partial charge on any atom is -0.497 e. The molecule has 0 spiro atoms. The number of unbranched alkanes of at least 4 members (excludes halogenated alkanes) is 1. The van der Waals surface area contributed by atoms with Crippen LogP contribution in [0.15, 0.2) is 11.8 Å². The lowest BCUT2D eigenvalue weighted by atomic mass is 10.4. The average molecular weight is 225 g/mol. The first-order chi connectivity index (χ1) is 6.58. The van der Waals surface area contributed by atoms with Crippen molar-refractivity contribution in [1.82, 2.24) is 0 Å². The summed E-state index contributed by atoms with van der Waals surface area (Å²) in [5.74, 6) is 1.37. The fourth-order valence-corrected chi connectivity index (χ4v) is 0.778. The lowest BCUT2D eigenvalue weighted by molar-refractivity contribution is 0.137. The number of ether oxygens (including phenoxy) is 1. The molecule has 0 aromatic rings. The molecule has 14 heavy (non-hydrogen) atoms. The number of hydrogen-bond acceptors (Lipinski definition) is 2. The molecule has 2 N–H and O–H groups in total. The zero-order chi connectivity index (χ0) is 11.4. The molecule has 0 aliphatic carbocycles. The Hall–Kier alpha value is -0.900. The van der Waals surface area contributed by atoms with Crippen LogP contribution in [0.2, 0.25) is 0 Å². The van der Waals surface area contributed by atoms with E-state index in [1.54, 1.807) is 0 Å². The molecule has 0 rings (SSSR count). The van der Waals surface area contributed by atoms with Gasteiger partial charge in [0.15, 0.2) is 0 Å². The molecule has 0 atom stereocenters. The normalized spacial score (nSPS) is 10.1. The van der Waals surface area contributed by atoms with Crippen LogP contribution >= 0.6 is 11.6 Å². The molecular weight excluding hydrogens is 208 g/mol. The van der Waals surface area contributed by atoms with Crippen LogP contribution < -0.4 is 0 Å². The Morgan fingerprint density at radius 3 is 2.29 bits per heavy atom. The molecule has 0 amide bonds. The molecular formula is C9H17ClO4. The molecule has 0 fully saturated rings. The van der Waals surface area contributed by atoms with Crippen LogP contribution in [0.25, 0.3) is 0 Å². The predicted octanol–water partition coefficient (Wildman–Crippen LogP) is 3.17. The fraction of sp³-hybridized carbons (Fsp3) is 0.667. The summed E-state index contributed by atoms with van der Waals surface area (Å²) in [5, 5.41) is 13.9. The third-order valence-electron chi connectivity index (χ3n) is 1.24. The number of carbonyl (C=O) groups is 1. The molecule has 4 nitrogen and oxygen atoms in total. The van der Waals surface area contributed by atoms with E-state index >= 15 is 0 Å². The molecule has 5 heteroatoms. The summed E-state index contributed by atoms with van der Waals surface area (Å²) in [4.78, 5) is 8.56. The number of carboxylic acid groups (broad SMARTS) is 2. The van der Waals surface area contributed by atoms with Gasteiger partial charge in [0, 0.05) is 0 Å². The second-order valence-electron chi connectivity index (χ2n) is 2.37. The van der Waals surface area contributed by atoms with Gasteiger partial charge in [0.25, 0.3) is 0 Å². The molecule has 0 heterocycles. The van der Waals surface area contributed by atoms with Crippen molar-refractivity contribution < 1.29 is 19.7 Å². The third-order valence-corrected chi connectivity index (χ3v) is 1.50. The van der Waals surface area contributed by atoms with E-state index in [1.165, 1.54) is 6.42 Å². The lowest BCUT2D eigenvalue weighted by Crippen LogP contribution is -1.95. The van der Waals surface area contributed by atoms with E-state index in [2.05, 4.69) is 6.92 Å². The van der Waals surface area contributed by atoms with E-state index in [0.29, 0.717) is 5.88 Å². The predicted molar refractivity (Wildman–Crippen MR) is 56.0 cm³/mol. The van der Waals surface area contributed by atoms with Gasteiger partial charge in [-0.2, -0.15) is 0 Å². The second-order valence-corrected chi connectivity index (χ2v) is 2.64. The van der Waals surface area contributed by atoms with Gasteiger partial charge in [-0.15, -0.1) is 11.6 Å². The molecule has 0 aromatic heterocycles. The molecule has 0 bridgehead atoms. The molecule has 0 aliphatic rings. The van der Waals surface area contributed by atoms with Crippen LogP contribution in [-0.4, -0.2) is 28.9 Å². The summed E-state index contributed by atoms with van der Waals surface area (Å²) in [7, 11) is 0. The van der Waals surface area contributed by atoms with Gasteiger partial charge in [0.2, 0.25) is 0 Å². The quantitative estimate of drug-likeness (QED) is 0.428. The summed E-state index contributed by atoms with van der Waals surface area (Å²) in [6.45, 7) is 4.87. The Kier molecular flexibility index (Phi) is 13.5. The first-order valence-corrected chi connectivity index (χ1v) is 4.87. The zero-order valence-electron chi connectivity index (χ0n) is 8.49. The average Bonchev–Trinajstić information content (AvgIpc) is 2.12. The molecule has 0 aliphatic heterocycles. The summed E-state index contributed by atoms with van der Waals surface area (Å²) in [6.07, 6.45) is 2.34. The monoisotopic (exact) mass is 224 g/mol. The first kappa shape index (κ1) is 15.6. The van der Waals surface area contributed by atoms with E-state index < -0.39 is 6.16 Å². The number of halogens is 1. The van der Waals surface area contributed by atoms with E-state index in [0.717, 1.165) is 18.8 Å². The Morgan fingerprint density at radius 1 is 1.50 bits per heavy atom. The maximum atomic E-state index is 8.56. The van der Waals surface area contributed by atoms with Crippen molar-refractivity contribution in [1.29, 1.82) is 0 Å². The standard InChI is InChI=1S/C8H15ClO.CH2O3/c1-3-5-6-10-8(4-2)7-9;2-1(3)4/h4H,3,5-7H2,1-2H3;(H2,2,3,4)/b8-4+;. The number of rotatable bonds is 5. The van der Waals surface area contributed by atoms with Gasteiger partial charge < -0.3 is 14.9 Å². The second kappa shape index (κ2) is 12.1. The van der Waals surface area contributed by atoms with Crippen molar-refractivity contribution in [2.24, 2.45) is 0 Å². The highest BCUT2D eigenvalue weighted by atomic mass is 35.5. The SMILES string of the molecule is C/C=C(\CCl)OCCCC.O=C(O)O. The third kappa shape index (κ3) is 17.3. The largest absolute Gasteiger partial charge is 0.503 e. The van der Waals surface area contributed by atoms with Gasteiger partial charge in [0.1, 0.15) is 5.76 Å². The number of alkyl halides is 1. The van der Waals surface area contributed by atoms with Crippen LogP contribution in [0.1, 0.15) is 26.7 Å². The van der Waals surface area contributed by atoms with Crippen LogP contribution in [-0.2, 0) is 4.74 Å². The molecule has 84 valence electrons. The molecule has 0 saturated carbocycles. The van der Waals surface area contributed by atoms with Gasteiger partial charge >= 0.3 is 6.16 Å². The van der Waals surface area contributed by atoms with Gasteiger partial charge in [-0.3, -0.25) is 0 Å². The van der Waals surface area contributed by atoms with Crippen molar-refractivity contribution in [3.8, 4) is 0 Å². The Labute approximate surface area is 89.1 Å². The maximum Gasteiger partial charge on any atom is 0.503 e. The van der Waals surface area contributed by atoms with Crippen molar-refractivity contribution in [2.45, 2.75) is 26.7 Å². The topological polar surface area (TPSA) is 66.8 Å². The summed E-state index contributed by atoms with van der Waals surface area (Å²) in [6, 6.07) is 0. The van der Waals surface area contributed by atoms with Gasteiger partial charge in [-0.05, 0) is 19.4 Å². The minimum atomic E-state index is -1.83. The van der Waals surface area contributed by atoms with Crippen LogP contribution in [0.3, 0.4) is 0 Å². The summed E-state index contributed by atoms with van der Waals surface area (Å²) >= 11 is 5.55. The molecule has 0 radical (unpaired) electrons. The van der Waals surface area contributed by atoms with Crippen LogP contribution in [0.4, 0.5) is 4.79 Å². The van der Waals surface area contributed by atoms with Crippen LogP contribution in [0.5, 0.6) is 0 Å². The van der Waals surface area contributed by atoms with E-state index in [-0.39, 0.29) is 0 Å². The van der Waals surface area contributed by atoms with Crippen molar-refractivity contribution >= 4 is 17.8 Å². The van der Waals surface area contributed by atoms with Gasteiger partial charge in [-0.25, -0.2) is 4.79 Å². The summed E-state index contributed by atoms with van der Waals surface area (Å²) < 4.78 is 5.31. The summed E-state index contributed by atoms with van der Waals surface area (Å²) in [5.41, 5.74) is 0. The maximum absolute atomic E-state index is 8.56. The van der Waals surface area contributed by atoms with E-state index in [1.807, 2.05) is 13.0 Å². The van der Waals surface area contributed by atoms with E-state index in [4.69, 9.17) is 31.3 Å². The molecule has 0 aromatic carbocycles. The van der Waals surface area contributed by atoms with E-state index in [9.17, 15) is 0 Å². The Morgan fingerprint density at radius 2 is 2.00 bits per heavy atom. The highest BCUT2D eigenvalue weighted by Crippen LogP contribution is 2.01. The highest BCUT2D eigenvalue weighted by molar-refractivity contribution is 6.19. The zero-order valence-corrected chi connectivity index (χ0v) is 9.25. The number of hydrogen-bond donors (Lipinski definition) is 2.